The molecule has 1 saturated heterocycles. The topological polar surface area (TPSA) is 42.3 Å². The molecule has 0 N–H and O–H groups in total. The normalized spacial score (nSPS) is 22.8. The molecule has 1 aromatic heterocycles. The van der Waals surface area contributed by atoms with Crippen molar-refractivity contribution in [1.82, 2.24) is 9.47 Å². The highest BCUT2D eigenvalue weighted by Gasteiger charge is 2.40. The van der Waals surface area contributed by atoms with Crippen LogP contribution in [0.1, 0.15) is 23.6 Å². The molecule has 0 radical (unpaired) electrons. The van der Waals surface area contributed by atoms with Crippen molar-refractivity contribution in [2.45, 2.75) is 25.4 Å². The molecule has 2 bridgehead atoms. The summed E-state index contributed by atoms with van der Waals surface area (Å²) < 4.78 is 15.2. The number of fused-ring (bicyclic) bond motifs is 4. The van der Waals surface area contributed by atoms with Gasteiger partial charge in [-0.25, -0.2) is 4.39 Å². The summed E-state index contributed by atoms with van der Waals surface area (Å²) in [6.45, 7) is 1.77. The van der Waals surface area contributed by atoms with Gasteiger partial charge in [0.05, 0.1) is 5.92 Å². The van der Waals surface area contributed by atoms with E-state index < -0.39 is 11.7 Å². The minimum atomic E-state index is -0.562. The van der Waals surface area contributed by atoms with Gasteiger partial charge in [-0.05, 0) is 24.0 Å². The highest BCUT2D eigenvalue weighted by Crippen LogP contribution is 2.36. The fourth-order valence-electron chi connectivity index (χ4n) is 3.78. The zero-order valence-corrected chi connectivity index (χ0v) is 12.6. The number of carbonyl (C=O) groups is 1. The van der Waals surface area contributed by atoms with Crippen LogP contribution in [-0.2, 0) is 17.9 Å². The average molecular weight is 312 g/mol. The lowest BCUT2D eigenvalue weighted by Crippen LogP contribution is -2.50. The average Bonchev–Trinajstić information content (AvgIpc) is 2.54. The van der Waals surface area contributed by atoms with Crippen molar-refractivity contribution in [2.75, 3.05) is 6.54 Å². The number of halogens is 1. The van der Waals surface area contributed by atoms with E-state index in [1.807, 2.05) is 35.2 Å². The zero-order valence-electron chi connectivity index (χ0n) is 12.6. The smallest absolute Gasteiger partial charge is 0.253 e. The number of hydrogen-bond acceptors (Lipinski definition) is 2. The maximum atomic E-state index is 13.6. The Morgan fingerprint density at radius 1 is 1.09 bits per heavy atom. The van der Waals surface area contributed by atoms with Gasteiger partial charge in [0.1, 0.15) is 5.82 Å². The molecule has 1 aromatic carbocycles. The molecule has 4 nitrogen and oxygen atoms in total. The maximum absolute atomic E-state index is 13.6. The quantitative estimate of drug-likeness (QED) is 0.852. The first-order valence-electron chi connectivity index (χ1n) is 7.85. The molecule has 0 spiro atoms. The van der Waals surface area contributed by atoms with Crippen LogP contribution in [0.3, 0.4) is 0 Å². The third-order valence-corrected chi connectivity index (χ3v) is 4.80. The predicted octanol–water partition coefficient (Wildman–Crippen LogP) is 2.13. The predicted molar refractivity (Wildman–Crippen MR) is 83.4 cm³/mol. The van der Waals surface area contributed by atoms with Crippen molar-refractivity contribution in [3.8, 4) is 0 Å². The van der Waals surface area contributed by atoms with Gasteiger partial charge in [0, 0.05) is 31.4 Å². The van der Waals surface area contributed by atoms with Gasteiger partial charge in [-0.1, -0.05) is 30.3 Å². The molecular weight excluding hydrogens is 295 g/mol. The van der Waals surface area contributed by atoms with Crippen LogP contribution in [0.4, 0.5) is 4.39 Å². The van der Waals surface area contributed by atoms with Crippen molar-refractivity contribution in [3.63, 3.8) is 0 Å². The van der Waals surface area contributed by atoms with Gasteiger partial charge in [0.2, 0.25) is 5.91 Å². The van der Waals surface area contributed by atoms with Crippen molar-refractivity contribution in [2.24, 2.45) is 5.92 Å². The third kappa shape index (κ3) is 2.46. The van der Waals surface area contributed by atoms with Crippen molar-refractivity contribution in [1.29, 1.82) is 0 Å². The van der Waals surface area contributed by atoms with Gasteiger partial charge in [-0.3, -0.25) is 9.59 Å². The Kier molecular flexibility index (Phi) is 3.29. The van der Waals surface area contributed by atoms with Crippen LogP contribution in [0, 0.1) is 11.7 Å². The van der Waals surface area contributed by atoms with Crippen LogP contribution >= 0.6 is 0 Å². The van der Waals surface area contributed by atoms with Gasteiger partial charge >= 0.3 is 0 Å². The first kappa shape index (κ1) is 14.2. The molecule has 0 aliphatic carbocycles. The summed E-state index contributed by atoms with van der Waals surface area (Å²) in [4.78, 5) is 26.6. The van der Waals surface area contributed by atoms with E-state index in [0.29, 0.717) is 31.7 Å². The Balaban J connectivity index is 1.68. The third-order valence-electron chi connectivity index (χ3n) is 4.80. The largest absolute Gasteiger partial charge is 0.337 e. The number of aromatic nitrogens is 1. The summed E-state index contributed by atoms with van der Waals surface area (Å²) in [5.74, 6) is -0.733. The SMILES string of the molecule is O=C1[C@H]2CC(CN1Cc1ccccc1)Cn1c2cc(F)cc1=O. The number of nitrogens with zero attached hydrogens (tertiary/aromatic N) is 2. The maximum Gasteiger partial charge on any atom is 0.253 e. The van der Waals surface area contributed by atoms with E-state index in [2.05, 4.69) is 0 Å². The highest BCUT2D eigenvalue weighted by molar-refractivity contribution is 5.84. The van der Waals surface area contributed by atoms with Crippen LogP contribution in [0.25, 0.3) is 0 Å². The highest BCUT2D eigenvalue weighted by atomic mass is 19.1. The minimum absolute atomic E-state index is 0.0106. The number of hydrogen-bond donors (Lipinski definition) is 0. The van der Waals surface area contributed by atoms with E-state index in [0.717, 1.165) is 11.6 Å². The van der Waals surface area contributed by atoms with Crippen molar-refractivity contribution >= 4 is 5.91 Å². The van der Waals surface area contributed by atoms with E-state index >= 15 is 0 Å². The van der Waals surface area contributed by atoms with E-state index in [9.17, 15) is 14.0 Å². The van der Waals surface area contributed by atoms with Crippen LogP contribution in [0.2, 0.25) is 0 Å². The molecular formula is C18H17FN2O2. The minimum Gasteiger partial charge on any atom is -0.337 e. The molecule has 2 aromatic rings. The molecule has 2 atom stereocenters. The second-order valence-corrected chi connectivity index (χ2v) is 6.41. The second-order valence-electron chi connectivity index (χ2n) is 6.41. The molecule has 1 fully saturated rings. The Morgan fingerprint density at radius 2 is 1.87 bits per heavy atom. The molecule has 1 amide bonds. The van der Waals surface area contributed by atoms with E-state index in [1.54, 1.807) is 4.57 Å². The van der Waals surface area contributed by atoms with Crippen molar-refractivity contribution in [3.05, 3.63) is 69.9 Å². The number of likely N-dealkylation sites (tertiary alicyclic amines) is 1. The van der Waals surface area contributed by atoms with Crippen LogP contribution in [0.15, 0.2) is 47.3 Å². The number of benzene rings is 1. The molecule has 0 saturated carbocycles. The number of pyridine rings is 1. The van der Waals surface area contributed by atoms with Crippen LogP contribution in [-0.4, -0.2) is 21.9 Å². The summed E-state index contributed by atoms with van der Waals surface area (Å²) in [5, 5.41) is 0. The van der Waals surface area contributed by atoms with Gasteiger partial charge < -0.3 is 9.47 Å². The summed E-state index contributed by atoms with van der Waals surface area (Å²) >= 11 is 0. The van der Waals surface area contributed by atoms with Gasteiger partial charge in [-0.2, -0.15) is 0 Å². The van der Waals surface area contributed by atoms with E-state index in [-0.39, 0.29) is 17.4 Å². The molecule has 23 heavy (non-hydrogen) atoms. The molecule has 2 aliphatic heterocycles. The second kappa shape index (κ2) is 5.33. The Bertz CT molecular complexity index is 816. The number of rotatable bonds is 2. The zero-order chi connectivity index (χ0) is 16.0. The number of amides is 1. The van der Waals surface area contributed by atoms with E-state index in [4.69, 9.17) is 0 Å². The van der Waals surface area contributed by atoms with Crippen molar-refractivity contribution < 1.29 is 9.18 Å². The fourth-order valence-corrected chi connectivity index (χ4v) is 3.78. The summed E-state index contributed by atoms with van der Waals surface area (Å²) in [6, 6.07) is 12.2. The summed E-state index contributed by atoms with van der Waals surface area (Å²) in [7, 11) is 0. The Labute approximate surface area is 133 Å². The Hall–Kier alpha value is -2.43. The molecule has 118 valence electrons. The summed E-state index contributed by atoms with van der Waals surface area (Å²) in [6.07, 6.45) is 0.701. The molecule has 5 heteroatoms. The first-order chi connectivity index (χ1) is 11.1. The molecule has 3 heterocycles. The standard InChI is InChI=1S/C18H17FN2O2/c19-14-7-16-15-6-13(11-21(16)17(22)8-14)10-20(18(15)23)9-12-4-2-1-3-5-12/h1-5,7-8,13,15H,6,9-11H2/t13?,15-/m0/s1. The lowest BCUT2D eigenvalue weighted by Gasteiger charge is -2.42. The first-order valence-corrected chi connectivity index (χ1v) is 7.85. The van der Waals surface area contributed by atoms with E-state index in [1.165, 1.54) is 6.07 Å². The molecule has 2 aliphatic rings. The Morgan fingerprint density at radius 3 is 2.65 bits per heavy atom. The molecule has 4 rings (SSSR count). The monoisotopic (exact) mass is 312 g/mol. The molecule has 1 unspecified atom stereocenters. The van der Waals surface area contributed by atoms with Crippen LogP contribution in [0.5, 0.6) is 0 Å². The summed E-state index contributed by atoms with van der Waals surface area (Å²) in [5.41, 5.74) is 1.26. The lowest BCUT2D eigenvalue weighted by molar-refractivity contribution is -0.139. The number of piperidine rings is 1. The van der Waals surface area contributed by atoms with Crippen LogP contribution < -0.4 is 5.56 Å². The van der Waals surface area contributed by atoms with Gasteiger partial charge in [0.25, 0.3) is 5.56 Å². The van der Waals surface area contributed by atoms with Gasteiger partial charge in [0.15, 0.2) is 0 Å². The lowest BCUT2D eigenvalue weighted by atomic mass is 9.82. The van der Waals surface area contributed by atoms with Gasteiger partial charge in [-0.15, -0.1) is 0 Å². The fraction of sp³-hybridized carbons (Fsp3) is 0.333. The number of carbonyl (C=O) groups excluding carboxylic acids is 1.